The second-order valence-corrected chi connectivity index (χ2v) is 10.1. The molecule has 1 aliphatic heterocycles. The molecule has 36 heavy (non-hydrogen) atoms. The van der Waals surface area contributed by atoms with Gasteiger partial charge in [-0.2, -0.15) is 0 Å². The van der Waals surface area contributed by atoms with Gasteiger partial charge in [0.05, 0.1) is 16.6 Å². The fraction of sp³-hybridized carbons (Fsp3) is 0. The molecule has 5 aromatic carbocycles. The van der Waals surface area contributed by atoms with Gasteiger partial charge in [0, 0.05) is 21.1 Å². The van der Waals surface area contributed by atoms with E-state index >= 15 is 0 Å². The predicted molar refractivity (Wildman–Crippen MR) is 149 cm³/mol. The van der Waals surface area contributed by atoms with E-state index in [1.807, 2.05) is 0 Å². The highest BCUT2D eigenvalue weighted by Gasteiger charge is 2.23. The number of hydrogen-bond donors (Lipinski definition) is 0. The van der Waals surface area contributed by atoms with Crippen LogP contribution in [0.4, 0.5) is 0 Å². The first kappa shape index (κ1) is 19.8. The first-order valence-corrected chi connectivity index (χ1v) is 12.8. The molecule has 3 heterocycles. The Hall–Kier alpha value is -4.41. The average molecular weight is 478 g/mol. The summed E-state index contributed by atoms with van der Waals surface area (Å²) in [5.74, 6) is 0.712. The molecule has 7 aromatic rings. The summed E-state index contributed by atoms with van der Waals surface area (Å²) in [5.41, 5.74) is 8.10. The summed E-state index contributed by atoms with van der Waals surface area (Å²) in [7, 11) is 0. The second-order valence-electron chi connectivity index (χ2n) is 9.08. The highest BCUT2D eigenvalue weighted by molar-refractivity contribution is 7.99. The predicted octanol–water partition coefficient (Wildman–Crippen LogP) is 8.53. The molecule has 0 spiro atoms. The van der Waals surface area contributed by atoms with E-state index in [0.29, 0.717) is 5.95 Å². The van der Waals surface area contributed by atoms with Crippen molar-refractivity contribution in [2.45, 2.75) is 9.92 Å². The first-order valence-electron chi connectivity index (χ1n) is 12.0. The van der Waals surface area contributed by atoms with Crippen molar-refractivity contribution in [3.63, 3.8) is 0 Å². The van der Waals surface area contributed by atoms with Crippen molar-refractivity contribution in [2.24, 2.45) is 0 Å². The molecule has 0 saturated carbocycles. The number of benzene rings is 5. The lowest BCUT2D eigenvalue weighted by Gasteiger charge is -2.21. The molecule has 8 rings (SSSR count). The summed E-state index contributed by atoms with van der Waals surface area (Å²) < 4.78 is 2.20. The van der Waals surface area contributed by atoms with Gasteiger partial charge in [0.25, 0.3) is 0 Å². The van der Waals surface area contributed by atoms with Crippen LogP contribution in [0.3, 0.4) is 0 Å². The summed E-state index contributed by atoms with van der Waals surface area (Å²) >= 11 is 1.74. The van der Waals surface area contributed by atoms with Crippen LogP contribution in [-0.4, -0.2) is 14.5 Å². The van der Waals surface area contributed by atoms with E-state index in [-0.39, 0.29) is 0 Å². The molecule has 0 radical (unpaired) electrons. The number of rotatable bonds is 2. The fourth-order valence-corrected chi connectivity index (χ4v) is 6.48. The Bertz CT molecular complexity index is 1920. The van der Waals surface area contributed by atoms with E-state index in [4.69, 9.17) is 9.97 Å². The van der Waals surface area contributed by atoms with Crippen molar-refractivity contribution < 1.29 is 0 Å². The van der Waals surface area contributed by atoms with E-state index < -0.39 is 0 Å². The van der Waals surface area contributed by atoms with Gasteiger partial charge in [0.15, 0.2) is 0 Å². The number of aromatic nitrogens is 3. The van der Waals surface area contributed by atoms with Crippen LogP contribution in [0.25, 0.3) is 60.9 Å². The van der Waals surface area contributed by atoms with Crippen LogP contribution < -0.4 is 0 Å². The zero-order chi connectivity index (χ0) is 23.6. The van der Waals surface area contributed by atoms with Gasteiger partial charge in [-0.25, -0.2) is 9.97 Å². The Balaban J connectivity index is 1.38. The molecule has 0 fully saturated rings. The summed E-state index contributed by atoms with van der Waals surface area (Å²) in [4.78, 5) is 11.5. The van der Waals surface area contributed by atoms with E-state index in [1.165, 1.54) is 37.9 Å². The van der Waals surface area contributed by atoms with Crippen LogP contribution in [-0.2, 0) is 0 Å². The van der Waals surface area contributed by atoms with Crippen molar-refractivity contribution in [1.29, 1.82) is 0 Å². The maximum absolute atomic E-state index is 5.17. The van der Waals surface area contributed by atoms with Gasteiger partial charge in [0.1, 0.15) is 5.03 Å². The molecular weight excluding hydrogens is 458 g/mol. The lowest BCUT2D eigenvalue weighted by Crippen LogP contribution is -2.05. The molecule has 0 atom stereocenters. The van der Waals surface area contributed by atoms with Crippen molar-refractivity contribution in [3.05, 3.63) is 115 Å². The van der Waals surface area contributed by atoms with E-state index in [2.05, 4.69) is 120 Å². The summed E-state index contributed by atoms with van der Waals surface area (Å²) in [5, 5.41) is 4.56. The van der Waals surface area contributed by atoms with Gasteiger partial charge in [-0.1, -0.05) is 96.7 Å². The number of fused-ring (bicyclic) bond motifs is 5. The molecule has 0 saturated heterocycles. The van der Waals surface area contributed by atoms with Crippen molar-refractivity contribution >= 4 is 44.5 Å². The maximum Gasteiger partial charge on any atom is 0.236 e. The van der Waals surface area contributed by atoms with Crippen molar-refractivity contribution in [2.75, 3.05) is 0 Å². The molecule has 0 amide bonds. The van der Waals surface area contributed by atoms with Crippen LogP contribution in [0.2, 0.25) is 0 Å². The Morgan fingerprint density at radius 1 is 0.556 bits per heavy atom. The zero-order valence-corrected chi connectivity index (χ0v) is 20.0. The third kappa shape index (κ3) is 2.82. The van der Waals surface area contributed by atoms with Crippen LogP contribution in [0.15, 0.2) is 125 Å². The maximum atomic E-state index is 5.17. The molecule has 168 valence electrons. The zero-order valence-electron chi connectivity index (χ0n) is 19.2. The Morgan fingerprint density at radius 2 is 1.28 bits per heavy atom. The van der Waals surface area contributed by atoms with Gasteiger partial charge in [-0.05, 0) is 52.6 Å². The Labute approximate surface area is 212 Å². The monoisotopic (exact) mass is 477 g/mol. The van der Waals surface area contributed by atoms with E-state index in [9.17, 15) is 0 Å². The van der Waals surface area contributed by atoms with Gasteiger partial charge in [0.2, 0.25) is 5.95 Å². The van der Waals surface area contributed by atoms with Crippen LogP contribution >= 0.6 is 11.8 Å². The van der Waals surface area contributed by atoms with Gasteiger partial charge in [-0.3, -0.25) is 4.57 Å². The van der Waals surface area contributed by atoms with Crippen LogP contribution in [0.1, 0.15) is 0 Å². The summed E-state index contributed by atoms with van der Waals surface area (Å²) in [6, 6.07) is 40.7. The largest absolute Gasteiger partial charge is 0.278 e. The second kappa shape index (κ2) is 7.54. The smallest absolute Gasteiger partial charge is 0.236 e. The molecule has 4 heteroatoms. The SMILES string of the molecule is c1ccc(-c2ccc3c(c2)-c2cccc4nc(-n5c6ccccc6c6ccccc65)nc(c24)S3)cc1. The number of para-hydroxylation sites is 2. The Kier molecular flexibility index (Phi) is 4.16. The average Bonchev–Trinajstić information content (AvgIpc) is 3.28. The first-order chi connectivity index (χ1) is 17.8. The molecular formula is C32H19N3S. The third-order valence-electron chi connectivity index (χ3n) is 7.04. The van der Waals surface area contributed by atoms with E-state index in [0.717, 1.165) is 27.0 Å². The molecule has 2 aromatic heterocycles. The minimum Gasteiger partial charge on any atom is -0.278 e. The van der Waals surface area contributed by atoms with Crippen LogP contribution in [0.5, 0.6) is 0 Å². The lowest BCUT2D eigenvalue weighted by molar-refractivity contribution is 0.961. The standard InChI is InChI=1S/C32H19N3S/c1-2-9-20(10-3-1)21-17-18-29-25(19-21)24-13-8-14-26-30(24)31(36-29)34-32(33-26)35-27-15-6-4-11-22(27)23-12-5-7-16-28(23)35/h1-19H. The summed E-state index contributed by atoms with van der Waals surface area (Å²) in [6.45, 7) is 0. The molecule has 0 aliphatic carbocycles. The fourth-order valence-electron chi connectivity index (χ4n) is 5.42. The minimum absolute atomic E-state index is 0.712. The molecule has 0 bridgehead atoms. The molecule has 0 N–H and O–H groups in total. The molecule has 3 nitrogen and oxygen atoms in total. The van der Waals surface area contributed by atoms with Crippen molar-refractivity contribution in [1.82, 2.24) is 14.5 Å². The molecule has 1 aliphatic rings. The highest BCUT2D eigenvalue weighted by atomic mass is 32.2. The van der Waals surface area contributed by atoms with Crippen molar-refractivity contribution in [3.8, 4) is 28.2 Å². The quantitative estimate of drug-likeness (QED) is 0.234. The molecule has 0 unspecified atom stereocenters. The minimum atomic E-state index is 0.712. The summed E-state index contributed by atoms with van der Waals surface area (Å²) in [6.07, 6.45) is 0. The van der Waals surface area contributed by atoms with Gasteiger partial charge in [-0.15, -0.1) is 0 Å². The van der Waals surface area contributed by atoms with Gasteiger partial charge >= 0.3 is 0 Å². The van der Waals surface area contributed by atoms with E-state index in [1.54, 1.807) is 11.8 Å². The lowest BCUT2D eigenvalue weighted by atomic mass is 9.96. The number of hydrogen-bond acceptors (Lipinski definition) is 3. The highest BCUT2D eigenvalue weighted by Crippen LogP contribution is 2.48. The topological polar surface area (TPSA) is 30.7 Å². The van der Waals surface area contributed by atoms with Crippen LogP contribution in [0, 0.1) is 0 Å². The number of nitrogens with zero attached hydrogens (tertiary/aromatic N) is 3. The van der Waals surface area contributed by atoms with Gasteiger partial charge < -0.3 is 0 Å². The normalized spacial score (nSPS) is 12.3. The Morgan fingerprint density at radius 3 is 2.06 bits per heavy atom. The third-order valence-corrected chi connectivity index (χ3v) is 8.11.